The molecule has 1 aliphatic heterocycles. The monoisotopic (exact) mass is 446 g/mol. The molecule has 2 aromatic carbocycles. The summed E-state index contributed by atoms with van der Waals surface area (Å²) >= 11 is 0. The average Bonchev–Trinajstić information content (AvgIpc) is 3.19. The number of nitrogens with zero attached hydrogens (tertiary/aromatic N) is 2. The molecule has 6 nitrogen and oxygen atoms in total. The second-order valence-corrected chi connectivity index (χ2v) is 9.80. The molecule has 2 heterocycles. The summed E-state index contributed by atoms with van der Waals surface area (Å²) in [6.45, 7) is 9.55. The van der Waals surface area contributed by atoms with Crippen molar-refractivity contribution in [2.45, 2.75) is 38.1 Å². The summed E-state index contributed by atoms with van der Waals surface area (Å²) in [6, 6.07) is 20.3. The Morgan fingerprint density at radius 1 is 1.09 bits per heavy atom. The molecule has 6 heteroatoms. The van der Waals surface area contributed by atoms with Crippen molar-refractivity contribution in [1.82, 2.24) is 15.2 Å². The van der Waals surface area contributed by atoms with E-state index in [9.17, 15) is 4.79 Å². The van der Waals surface area contributed by atoms with Gasteiger partial charge in [0.25, 0.3) is 0 Å². The van der Waals surface area contributed by atoms with Crippen LogP contribution in [0.25, 0.3) is 10.9 Å². The zero-order chi connectivity index (χ0) is 23.4. The highest BCUT2D eigenvalue weighted by atomic mass is 16.5. The summed E-state index contributed by atoms with van der Waals surface area (Å²) in [5.41, 5.74) is 3.60. The number of rotatable bonds is 6. The molecule has 3 aromatic rings. The van der Waals surface area contributed by atoms with Gasteiger partial charge >= 0.3 is 6.03 Å². The third kappa shape index (κ3) is 5.52. The highest BCUT2D eigenvalue weighted by Gasteiger charge is 2.35. The quantitative estimate of drug-likeness (QED) is 0.573. The largest absolute Gasteiger partial charge is 0.383 e. The average molecular weight is 447 g/mol. The Bertz CT molecular complexity index is 1090. The number of carbonyl (C=O) groups is 1. The van der Waals surface area contributed by atoms with Crippen molar-refractivity contribution in [1.29, 1.82) is 0 Å². The van der Waals surface area contributed by atoms with E-state index in [2.05, 4.69) is 60.6 Å². The number of methoxy groups -OCH3 is 1. The van der Waals surface area contributed by atoms with Crippen LogP contribution in [0.5, 0.6) is 0 Å². The lowest BCUT2D eigenvalue weighted by atomic mass is 9.89. The summed E-state index contributed by atoms with van der Waals surface area (Å²) in [4.78, 5) is 20.4. The zero-order valence-corrected chi connectivity index (χ0v) is 20.0. The predicted molar refractivity (Wildman–Crippen MR) is 134 cm³/mol. The number of benzene rings is 2. The van der Waals surface area contributed by atoms with Crippen LogP contribution in [0.3, 0.4) is 0 Å². The van der Waals surface area contributed by atoms with Crippen molar-refractivity contribution < 1.29 is 9.53 Å². The maximum atomic E-state index is 13.2. The predicted octanol–water partition coefficient (Wildman–Crippen LogP) is 4.77. The molecule has 33 heavy (non-hydrogen) atoms. The van der Waals surface area contributed by atoms with Crippen molar-refractivity contribution >= 4 is 22.6 Å². The van der Waals surface area contributed by atoms with E-state index in [0.717, 1.165) is 41.9 Å². The van der Waals surface area contributed by atoms with Crippen molar-refractivity contribution in [2.24, 2.45) is 0 Å². The van der Waals surface area contributed by atoms with Crippen molar-refractivity contribution in [3.8, 4) is 0 Å². The lowest BCUT2D eigenvalue weighted by Gasteiger charge is -2.24. The molecule has 1 fully saturated rings. The number of aromatic nitrogens is 1. The van der Waals surface area contributed by atoms with Gasteiger partial charge < -0.3 is 15.4 Å². The highest BCUT2D eigenvalue weighted by Crippen LogP contribution is 2.31. The van der Waals surface area contributed by atoms with Crippen LogP contribution < -0.4 is 10.6 Å². The van der Waals surface area contributed by atoms with Crippen LogP contribution >= 0.6 is 0 Å². The fraction of sp³-hybridized carbons (Fsp3) is 0.407. The molecule has 0 aliphatic carbocycles. The second-order valence-electron chi connectivity index (χ2n) is 9.80. The molecule has 2 amide bonds. The van der Waals surface area contributed by atoms with Crippen LogP contribution in [0.2, 0.25) is 0 Å². The second kappa shape index (κ2) is 9.89. The molecule has 174 valence electrons. The zero-order valence-electron chi connectivity index (χ0n) is 20.0. The van der Waals surface area contributed by atoms with Gasteiger partial charge in [-0.15, -0.1) is 0 Å². The first-order valence-corrected chi connectivity index (χ1v) is 11.6. The van der Waals surface area contributed by atoms with Gasteiger partial charge in [-0.05, 0) is 17.7 Å². The first-order chi connectivity index (χ1) is 15.8. The minimum atomic E-state index is -0.205. The van der Waals surface area contributed by atoms with E-state index in [1.54, 1.807) is 7.11 Å². The summed E-state index contributed by atoms with van der Waals surface area (Å²) in [5, 5.41) is 7.37. The fourth-order valence-corrected chi connectivity index (χ4v) is 4.58. The van der Waals surface area contributed by atoms with Gasteiger partial charge in [-0.2, -0.15) is 0 Å². The Kier molecular flexibility index (Phi) is 6.96. The molecule has 0 radical (unpaired) electrons. The number of pyridine rings is 1. The molecule has 2 atom stereocenters. The van der Waals surface area contributed by atoms with Gasteiger partial charge in [-0.1, -0.05) is 69.3 Å². The summed E-state index contributed by atoms with van der Waals surface area (Å²) in [6.07, 6.45) is 0. The molecule has 0 saturated carbocycles. The van der Waals surface area contributed by atoms with E-state index in [0.29, 0.717) is 6.61 Å². The molecule has 2 N–H and O–H groups in total. The van der Waals surface area contributed by atoms with Crippen LogP contribution in [-0.2, 0) is 10.2 Å². The topological polar surface area (TPSA) is 66.5 Å². The Morgan fingerprint density at radius 2 is 1.82 bits per heavy atom. The van der Waals surface area contributed by atoms with E-state index in [1.165, 1.54) is 5.56 Å². The van der Waals surface area contributed by atoms with Crippen LogP contribution in [0.1, 0.15) is 37.9 Å². The minimum Gasteiger partial charge on any atom is -0.383 e. The van der Waals surface area contributed by atoms with Gasteiger partial charge in [-0.3, -0.25) is 9.88 Å². The van der Waals surface area contributed by atoms with Crippen LogP contribution in [-0.4, -0.2) is 55.3 Å². The summed E-state index contributed by atoms with van der Waals surface area (Å²) in [7, 11) is 1.72. The summed E-state index contributed by atoms with van der Waals surface area (Å²) < 4.78 is 5.27. The third-order valence-corrected chi connectivity index (χ3v) is 6.23. The maximum absolute atomic E-state index is 13.2. The lowest BCUT2D eigenvalue weighted by molar-refractivity contribution is 0.159. The molecular formula is C27H34N4O2. The highest BCUT2D eigenvalue weighted by molar-refractivity contribution is 5.93. The first kappa shape index (κ1) is 23.2. The Morgan fingerprint density at radius 3 is 2.55 bits per heavy atom. The molecule has 4 rings (SSSR count). The Balaban J connectivity index is 1.55. The van der Waals surface area contributed by atoms with Crippen LogP contribution in [0.4, 0.5) is 10.5 Å². The Hall–Kier alpha value is -2.96. The fourth-order valence-electron chi connectivity index (χ4n) is 4.58. The standard InChI is InChI=1S/C27H34N4O2/c1-27(2,3)25-23(16-20-12-8-9-13-22(20)28-25)29-26(32)30-24-18-31(14-15-33-4)17-21(24)19-10-6-5-7-11-19/h5-13,16,21,24H,14-15,17-18H2,1-4H3,(H2,29,30,32)/t21-,24+/m0/s1. The van der Waals surface area contributed by atoms with E-state index >= 15 is 0 Å². The van der Waals surface area contributed by atoms with E-state index < -0.39 is 0 Å². The molecule has 0 bridgehead atoms. The number of hydrogen-bond donors (Lipinski definition) is 2. The van der Waals surface area contributed by atoms with Crippen LogP contribution in [0.15, 0.2) is 60.7 Å². The number of ether oxygens (including phenoxy) is 1. The number of hydrogen-bond acceptors (Lipinski definition) is 4. The maximum Gasteiger partial charge on any atom is 0.319 e. The third-order valence-electron chi connectivity index (χ3n) is 6.23. The van der Waals surface area contributed by atoms with Crippen molar-refractivity contribution in [2.75, 3.05) is 38.7 Å². The SMILES string of the molecule is COCCN1C[C@@H](NC(=O)Nc2cc3ccccc3nc2C(C)(C)C)[C@H](c2ccccc2)C1. The van der Waals surface area contributed by atoms with Crippen molar-refractivity contribution in [3.63, 3.8) is 0 Å². The number of fused-ring (bicyclic) bond motifs is 1. The van der Waals surface area contributed by atoms with E-state index in [1.807, 2.05) is 36.4 Å². The number of anilines is 1. The number of nitrogens with one attached hydrogen (secondary N) is 2. The number of para-hydroxylation sites is 1. The van der Waals surface area contributed by atoms with Gasteiger partial charge in [-0.25, -0.2) is 4.79 Å². The number of amides is 2. The molecular weight excluding hydrogens is 412 g/mol. The molecule has 0 unspecified atom stereocenters. The van der Waals surface area contributed by atoms with Gasteiger partial charge in [0, 0.05) is 43.5 Å². The number of urea groups is 1. The smallest absolute Gasteiger partial charge is 0.319 e. The van der Waals surface area contributed by atoms with Gasteiger partial charge in [0.15, 0.2) is 0 Å². The van der Waals surface area contributed by atoms with Crippen molar-refractivity contribution in [3.05, 3.63) is 71.9 Å². The van der Waals surface area contributed by atoms with E-state index in [-0.39, 0.29) is 23.4 Å². The minimum absolute atomic E-state index is 0.00996. The molecule has 1 aromatic heterocycles. The number of carbonyl (C=O) groups excluding carboxylic acids is 1. The lowest BCUT2D eigenvalue weighted by Crippen LogP contribution is -2.42. The molecule has 1 aliphatic rings. The Labute approximate surface area is 196 Å². The molecule has 1 saturated heterocycles. The summed E-state index contributed by atoms with van der Waals surface area (Å²) in [5.74, 6) is 0.227. The van der Waals surface area contributed by atoms with Gasteiger partial charge in [0.2, 0.25) is 0 Å². The van der Waals surface area contributed by atoms with Gasteiger partial charge in [0.05, 0.1) is 29.5 Å². The van der Waals surface area contributed by atoms with Crippen LogP contribution in [0, 0.1) is 0 Å². The van der Waals surface area contributed by atoms with Gasteiger partial charge in [0.1, 0.15) is 0 Å². The molecule has 0 spiro atoms. The first-order valence-electron chi connectivity index (χ1n) is 11.6. The normalized spacial score (nSPS) is 19.0. The van der Waals surface area contributed by atoms with E-state index in [4.69, 9.17) is 9.72 Å². The number of likely N-dealkylation sites (tertiary alicyclic amines) is 1.